The third-order valence-electron chi connectivity index (χ3n) is 3.27. The van der Waals surface area contributed by atoms with E-state index in [-0.39, 0.29) is 0 Å². The van der Waals surface area contributed by atoms with Crippen molar-refractivity contribution in [2.45, 2.75) is 27.0 Å². The Bertz CT molecular complexity index is 613. The monoisotopic (exact) mass is 287 g/mol. The van der Waals surface area contributed by atoms with E-state index >= 15 is 0 Å². The van der Waals surface area contributed by atoms with Crippen LogP contribution in [0.2, 0.25) is 0 Å². The first-order valence-corrected chi connectivity index (χ1v) is 6.76. The fraction of sp³-hybridized carbons (Fsp3) is 0.333. The van der Waals surface area contributed by atoms with Crippen LogP contribution in [-0.4, -0.2) is 23.3 Å². The Morgan fingerprint density at radius 1 is 1.38 bits per heavy atom. The van der Waals surface area contributed by atoms with E-state index in [2.05, 4.69) is 20.5 Å². The molecule has 0 radical (unpaired) electrons. The number of para-hydroxylation sites is 1. The summed E-state index contributed by atoms with van der Waals surface area (Å²) in [5, 5.41) is 10.2. The van der Waals surface area contributed by atoms with Gasteiger partial charge in [-0.2, -0.15) is 5.10 Å². The molecular weight excluding hydrogens is 266 g/mol. The number of benzene rings is 1. The van der Waals surface area contributed by atoms with Gasteiger partial charge in [-0.3, -0.25) is 5.10 Å². The van der Waals surface area contributed by atoms with Gasteiger partial charge in [0.05, 0.1) is 18.8 Å². The van der Waals surface area contributed by atoms with E-state index in [0.29, 0.717) is 19.1 Å². The van der Waals surface area contributed by atoms with Crippen LogP contribution < -0.4 is 11.1 Å². The Labute approximate surface area is 124 Å². The van der Waals surface area contributed by atoms with E-state index in [4.69, 9.17) is 10.5 Å². The molecule has 0 spiro atoms. The van der Waals surface area contributed by atoms with Crippen molar-refractivity contribution in [3.8, 4) is 0 Å². The number of hydrogen-bond acceptors (Lipinski definition) is 3. The summed E-state index contributed by atoms with van der Waals surface area (Å²) >= 11 is 0. The van der Waals surface area contributed by atoms with E-state index in [9.17, 15) is 0 Å². The highest BCUT2D eigenvalue weighted by molar-refractivity contribution is 5.92. The predicted octanol–water partition coefficient (Wildman–Crippen LogP) is 2.10. The molecule has 0 unspecified atom stereocenters. The highest BCUT2D eigenvalue weighted by Crippen LogP contribution is 2.16. The normalized spacial score (nSPS) is 11.7. The molecule has 1 aromatic carbocycles. The molecule has 2 rings (SSSR count). The second-order valence-corrected chi connectivity index (χ2v) is 4.83. The standard InChI is InChI=1S/C15H21N5O/c1-10-13(11(2)20-19-10)8-17-15(16)18-14-7-5-4-6-12(14)9-21-3/h4-7H,8-9H2,1-3H3,(H,19,20)(H3,16,17,18). The summed E-state index contributed by atoms with van der Waals surface area (Å²) in [7, 11) is 1.67. The number of nitrogens with zero attached hydrogens (tertiary/aromatic N) is 2. The van der Waals surface area contributed by atoms with Crippen molar-refractivity contribution in [2.24, 2.45) is 10.7 Å². The van der Waals surface area contributed by atoms with E-state index in [1.165, 1.54) is 0 Å². The summed E-state index contributed by atoms with van der Waals surface area (Å²) < 4.78 is 5.17. The summed E-state index contributed by atoms with van der Waals surface area (Å²) in [5.41, 5.74) is 10.9. The molecule has 21 heavy (non-hydrogen) atoms. The van der Waals surface area contributed by atoms with Crippen LogP contribution in [0.1, 0.15) is 22.5 Å². The largest absolute Gasteiger partial charge is 0.380 e. The topological polar surface area (TPSA) is 88.3 Å². The van der Waals surface area contributed by atoms with Gasteiger partial charge in [0.25, 0.3) is 0 Å². The molecule has 6 heteroatoms. The Balaban J connectivity index is 2.07. The summed E-state index contributed by atoms with van der Waals surface area (Å²) in [6, 6.07) is 7.85. The number of anilines is 1. The number of guanidine groups is 1. The fourth-order valence-corrected chi connectivity index (χ4v) is 2.07. The van der Waals surface area contributed by atoms with Gasteiger partial charge in [-0.25, -0.2) is 4.99 Å². The first-order valence-electron chi connectivity index (χ1n) is 6.76. The van der Waals surface area contributed by atoms with Gasteiger partial charge < -0.3 is 15.8 Å². The predicted molar refractivity (Wildman–Crippen MR) is 84.2 cm³/mol. The zero-order valence-corrected chi connectivity index (χ0v) is 12.6. The molecule has 0 fully saturated rings. The maximum atomic E-state index is 5.95. The van der Waals surface area contributed by atoms with Gasteiger partial charge in [-0.1, -0.05) is 18.2 Å². The number of aliphatic imine (C=N–C) groups is 1. The third-order valence-corrected chi connectivity index (χ3v) is 3.27. The minimum absolute atomic E-state index is 0.374. The number of aromatic nitrogens is 2. The number of hydrogen-bond donors (Lipinski definition) is 3. The van der Waals surface area contributed by atoms with Crippen LogP contribution in [0.5, 0.6) is 0 Å². The summed E-state index contributed by atoms with van der Waals surface area (Å²) in [6.07, 6.45) is 0. The average Bonchev–Trinajstić information content (AvgIpc) is 2.78. The van der Waals surface area contributed by atoms with E-state index < -0.39 is 0 Å². The summed E-state index contributed by atoms with van der Waals surface area (Å²) in [5.74, 6) is 0.374. The molecular formula is C15H21N5O. The zero-order chi connectivity index (χ0) is 15.2. The Hall–Kier alpha value is -2.34. The molecule has 0 aliphatic rings. The first kappa shape index (κ1) is 15.1. The Morgan fingerprint density at radius 3 is 2.81 bits per heavy atom. The van der Waals surface area contributed by atoms with Crippen LogP contribution in [0.3, 0.4) is 0 Å². The Kier molecular flexibility index (Phi) is 4.94. The molecule has 0 aliphatic carbocycles. The molecule has 0 atom stereocenters. The van der Waals surface area contributed by atoms with Crippen molar-refractivity contribution >= 4 is 11.6 Å². The van der Waals surface area contributed by atoms with Gasteiger partial charge in [-0.15, -0.1) is 0 Å². The van der Waals surface area contributed by atoms with Gasteiger partial charge in [0.15, 0.2) is 5.96 Å². The van der Waals surface area contributed by atoms with Crippen molar-refractivity contribution in [3.05, 3.63) is 46.8 Å². The molecule has 4 N–H and O–H groups in total. The van der Waals surface area contributed by atoms with Crippen LogP contribution in [0.25, 0.3) is 0 Å². The molecule has 0 aliphatic heterocycles. The number of methoxy groups -OCH3 is 1. The smallest absolute Gasteiger partial charge is 0.193 e. The molecule has 2 aromatic rings. The Morgan fingerprint density at radius 2 is 2.14 bits per heavy atom. The lowest BCUT2D eigenvalue weighted by Crippen LogP contribution is -2.23. The van der Waals surface area contributed by atoms with Gasteiger partial charge in [0.2, 0.25) is 0 Å². The molecule has 1 aromatic heterocycles. The minimum Gasteiger partial charge on any atom is -0.380 e. The van der Waals surface area contributed by atoms with Crippen LogP contribution >= 0.6 is 0 Å². The molecule has 0 amide bonds. The number of nitrogens with one attached hydrogen (secondary N) is 2. The zero-order valence-electron chi connectivity index (χ0n) is 12.6. The number of H-pyrrole nitrogens is 1. The van der Waals surface area contributed by atoms with Crippen LogP contribution in [0, 0.1) is 13.8 Å². The molecule has 112 valence electrons. The SMILES string of the molecule is COCc1ccccc1NC(N)=NCc1c(C)n[nH]c1C. The summed E-state index contributed by atoms with van der Waals surface area (Å²) in [6.45, 7) is 4.95. The maximum Gasteiger partial charge on any atom is 0.193 e. The van der Waals surface area contributed by atoms with Gasteiger partial charge in [0, 0.05) is 29.6 Å². The maximum absolute atomic E-state index is 5.95. The van der Waals surface area contributed by atoms with E-state index in [0.717, 1.165) is 28.2 Å². The quantitative estimate of drug-likeness (QED) is 0.580. The number of aryl methyl sites for hydroxylation is 2. The second kappa shape index (κ2) is 6.90. The van der Waals surface area contributed by atoms with Crippen LogP contribution in [-0.2, 0) is 17.9 Å². The third kappa shape index (κ3) is 3.82. The highest BCUT2D eigenvalue weighted by Gasteiger charge is 2.06. The second-order valence-electron chi connectivity index (χ2n) is 4.83. The molecule has 0 saturated heterocycles. The number of nitrogens with two attached hydrogens (primary N) is 1. The van der Waals surface area contributed by atoms with E-state index in [1.807, 2.05) is 38.1 Å². The van der Waals surface area contributed by atoms with Gasteiger partial charge >= 0.3 is 0 Å². The van der Waals surface area contributed by atoms with Crippen molar-refractivity contribution in [2.75, 3.05) is 12.4 Å². The van der Waals surface area contributed by atoms with Crippen molar-refractivity contribution in [3.63, 3.8) is 0 Å². The van der Waals surface area contributed by atoms with Crippen LogP contribution in [0.15, 0.2) is 29.3 Å². The molecule has 6 nitrogen and oxygen atoms in total. The van der Waals surface area contributed by atoms with Crippen LogP contribution in [0.4, 0.5) is 5.69 Å². The number of ether oxygens (including phenoxy) is 1. The summed E-state index contributed by atoms with van der Waals surface area (Å²) in [4.78, 5) is 4.37. The lowest BCUT2D eigenvalue weighted by molar-refractivity contribution is 0.185. The number of aromatic amines is 1. The van der Waals surface area contributed by atoms with Gasteiger partial charge in [-0.05, 0) is 19.9 Å². The fourth-order valence-electron chi connectivity index (χ4n) is 2.07. The average molecular weight is 287 g/mol. The van der Waals surface area contributed by atoms with Crippen molar-refractivity contribution in [1.82, 2.24) is 10.2 Å². The molecule has 0 bridgehead atoms. The lowest BCUT2D eigenvalue weighted by Gasteiger charge is -2.10. The van der Waals surface area contributed by atoms with Crippen molar-refractivity contribution in [1.29, 1.82) is 0 Å². The first-order chi connectivity index (χ1) is 10.1. The molecule has 1 heterocycles. The van der Waals surface area contributed by atoms with Gasteiger partial charge in [0.1, 0.15) is 0 Å². The van der Waals surface area contributed by atoms with Crippen molar-refractivity contribution < 1.29 is 4.74 Å². The number of rotatable bonds is 5. The highest BCUT2D eigenvalue weighted by atomic mass is 16.5. The minimum atomic E-state index is 0.374. The lowest BCUT2D eigenvalue weighted by atomic mass is 10.2. The van der Waals surface area contributed by atoms with E-state index in [1.54, 1.807) is 7.11 Å². The molecule has 0 saturated carbocycles.